The molecule has 3 aromatic heterocycles. The number of fused-ring (bicyclic) bond motifs is 1. The standard InChI is InChI=1S/C15H17N7/c1-11-8-13(19-10-18-11)20-12-2-5-22(9-12)15-14-16-3-6-21(14)7-4-17-15/h3-4,6-8,10,12H,2,5,9H2,1H3,(H,18,19,20). The number of hydrogen-bond acceptors (Lipinski definition) is 6. The topological polar surface area (TPSA) is 71.2 Å². The van der Waals surface area contributed by atoms with Gasteiger partial charge in [-0.2, -0.15) is 0 Å². The fraction of sp³-hybridized carbons (Fsp3) is 0.333. The average Bonchev–Trinajstić information content (AvgIpc) is 3.15. The number of rotatable bonds is 3. The van der Waals surface area contributed by atoms with Gasteiger partial charge in [0, 0.05) is 55.7 Å². The highest BCUT2D eigenvalue weighted by Crippen LogP contribution is 2.23. The van der Waals surface area contributed by atoms with E-state index in [9.17, 15) is 0 Å². The molecule has 0 amide bonds. The molecule has 1 unspecified atom stereocenters. The summed E-state index contributed by atoms with van der Waals surface area (Å²) in [6, 6.07) is 2.32. The van der Waals surface area contributed by atoms with Gasteiger partial charge in [-0.15, -0.1) is 0 Å². The van der Waals surface area contributed by atoms with Gasteiger partial charge in [-0.25, -0.2) is 19.9 Å². The summed E-state index contributed by atoms with van der Waals surface area (Å²) in [6.45, 7) is 3.82. The van der Waals surface area contributed by atoms with E-state index in [1.807, 2.05) is 36.0 Å². The van der Waals surface area contributed by atoms with Gasteiger partial charge in [0.15, 0.2) is 11.5 Å². The molecule has 1 atom stereocenters. The lowest BCUT2D eigenvalue weighted by Crippen LogP contribution is -2.27. The molecule has 4 rings (SSSR count). The largest absolute Gasteiger partial charge is 0.365 e. The Balaban J connectivity index is 1.51. The highest BCUT2D eigenvalue weighted by molar-refractivity contribution is 5.64. The summed E-state index contributed by atoms with van der Waals surface area (Å²) in [5.41, 5.74) is 1.87. The van der Waals surface area contributed by atoms with Crippen LogP contribution in [-0.2, 0) is 0 Å². The second-order valence-corrected chi connectivity index (χ2v) is 5.53. The minimum absolute atomic E-state index is 0.353. The molecule has 1 N–H and O–H groups in total. The van der Waals surface area contributed by atoms with E-state index in [4.69, 9.17) is 0 Å². The van der Waals surface area contributed by atoms with Crippen molar-refractivity contribution in [3.8, 4) is 0 Å². The van der Waals surface area contributed by atoms with Crippen LogP contribution in [0.4, 0.5) is 11.6 Å². The minimum Gasteiger partial charge on any atom is -0.365 e. The van der Waals surface area contributed by atoms with Gasteiger partial charge in [0.1, 0.15) is 12.1 Å². The first-order valence-electron chi connectivity index (χ1n) is 7.37. The maximum absolute atomic E-state index is 4.51. The van der Waals surface area contributed by atoms with E-state index in [0.717, 1.165) is 42.5 Å². The maximum Gasteiger partial charge on any atom is 0.180 e. The monoisotopic (exact) mass is 295 g/mol. The van der Waals surface area contributed by atoms with Crippen LogP contribution in [0.25, 0.3) is 5.65 Å². The van der Waals surface area contributed by atoms with E-state index in [1.54, 1.807) is 12.5 Å². The van der Waals surface area contributed by atoms with E-state index in [0.29, 0.717) is 6.04 Å². The van der Waals surface area contributed by atoms with Crippen molar-refractivity contribution in [1.29, 1.82) is 0 Å². The Morgan fingerprint density at radius 2 is 2.00 bits per heavy atom. The van der Waals surface area contributed by atoms with Crippen LogP contribution in [0.15, 0.2) is 37.2 Å². The zero-order valence-corrected chi connectivity index (χ0v) is 12.3. The molecular weight excluding hydrogens is 278 g/mol. The fourth-order valence-electron chi connectivity index (χ4n) is 2.88. The molecule has 1 aliphatic heterocycles. The lowest BCUT2D eigenvalue weighted by molar-refractivity contribution is 0.797. The predicted octanol–water partition coefficient (Wildman–Crippen LogP) is 1.52. The molecule has 1 saturated heterocycles. The van der Waals surface area contributed by atoms with Gasteiger partial charge in [-0.1, -0.05) is 0 Å². The molecule has 1 aliphatic rings. The Morgan fingerprint density at radius 3 is 2.86 bits per heavy atom. The zero-order valence-electron chi connectivity index (χ0n) is 12.3. The third-order valence-corrected chi connectivity index (χ3v) is 3.94. The average molecular weight is 295 g/mol. The predicted molar refractivity (Wildman–Crippen MR) is 84.0 cm³/mol. The molecule has 0 radical (unpaired) electrons. The molecule has 0 saturated carbocycles. The summed E-state index contributed by atoms with van der Waals surface area (Å²) in [6.07, 6.45) is 10.1. The first-order chi connectivity index (χ1) is 10.8. The lowest BCUT2D eigenvalue weighted by atomic mass is 10.2. The van der Waals surface area contributed by atoms with Crippen molar-refractivity contribution in [2.75, 3.05) is 23.3 Å². The first-order valence-corrected chi connectivity index (χ1v) is 7.37. The molecule has 7 heteroatoms. The van der Waals surface area contributed by atoms with Crippen molar-refractivity contribution in [1.82, 2.24) is 24.3 Å². The van der Waals surface area contributed by atoms with Crippen LogP contribution in [0, 0.1) is 6.92 Å². The Morgan fingerprint density at radius 1 is 1.14 bits per heavy atom. The SMILES string of the molecule is Cc1cc(NC2CCN(c3nccn4ccnc34)C2)ncn1. The highest BCUT2D eigenvalue weighted by atomic mass is 15.3. The Kier molecular flexibility index (Phi) is 3.10. The maximum atomic E-state index is 4.51. The van der Waals surface area contributed by atoms with Crippen LogP contribution in [-0.4, -0.2) is 43.5 Å². The third-order valence-electron chi connectivity index (χ3n) is 3.94. The number of anilines is 2. The Labute approximate surface area is 128 Å². The molecule has 112 valence electrons. The van der Waals surface area contributed by atoms with Crippen molar-refractivity contribution in [3.63, 3.8) is 0 Å². The number of imidazole rings is 1. The molecule has 0 aliphatic carbocycles. The molecule has 1 fully saturated rings. The number of nitrogens with one attached hydrogen (secondary N) is 1. The summed E-state index contributed by atoms with van der Waals surface area (Å²) in [5.74, 6) is 1.82. The van der Waals surface area contributed by atoms with E-state index in [2.05, 4.69) is 30.2 Å². The van der Waals surface area contributed by atoms with Crippen molar-refractivity contribution in [2.24, 2.45) is 0 Å². The second kappa shape index (κ2) is 5.25. The van der Waals surface area contributed by atoms with Crippen LogP contribution >= 0.6 is 0 Å². The van der Waals surface area contributed by atoms with Gasteiger partial charge >= 0.3 is 0 Å². The number of hydrogen-bond donors (Lipinski definition) is 1. The lowest BCUT2D eigenvalue weighted by Gasteiger charge is -2.18. The van der Waals surface area contributed by atoms with Crippen LogP contribution in [0.3, 0.4) is 0 Å². The van der Waals surface area contributed by atoms with Crippen molar-refractivity contribution < 1.29 is 0 Å². The summed E-state index contributed by atoms with van der Waals surface area (Å²) in [4.78, 5) is 19.6. The van der Waals surface area contributed by atoms with E-state index in [-0.39, 0.29) is 0 Å². The van der Waals surface area contributed by atoms with Crippen LogP contribution in [0.2, 0.25) is 0 Å². The van der Waals surface area contributed by atoms with Gasteiger partial charge in [0.2, 0.25) is 0 Å². The number of nitrogens with zero attached hydrogens (tertiary/aromatic N) is 6. The number of aromatic nitrogens is 5. The molecule has 0 aromatic carbocycles. The molecule has 4 heterocycles. The summed E-state index contributed by atoms with van der Waals surface area (Å²) < 4.78 is 2.00. The van der Waals surface area contributed by atoms with Crippen molar-refractivity contribution in [3.05, 3.63) is 42.9 Å². The van der Waals surface area contributed by atoms with Gasteiger partial charge in [-0.05, 0) is 13.3 Å². The smallest absolute Gasteiger partial charge is 0.180 e. The van der Waals surface area contributed by atoms with E-state index >= 15 is 0 Å². The van der Waals surface area contributed by atoms with Gasteiger partial charge in [-0.3, -0.25) is 0 Å². The first kappa shape index (κ1) is 13.0. The summed E-state index contributed by atoms with van der Waals surface area (Å²) in [7, 11) is 0. The zero-order chi connectivity index (χ0) is 14.9. The van der Waals surface area contributed by atoms with Crippen molar-refractivity contribution >= 4 is 17.3 Å². The third kappa shape index (κ3) is 2.34. The normalized spacial score (nSPS) is 18.0. The van der Waals surface area contributed by atoms with E-state index < -0.39 is 0 Å². The molecule has 22 heavy (non-hydrogen) atoms. The molecule has 3 aromatic rings. The minimum atomic E-state index is 0.353. The van der Waals surface area contributed by atoms with Crippen LogP contribution in [0.1, 0.15) is 12.1 Å². The highest BCUT2D eigenvalue weighted by Gasteiger charge is 2.25. The fourth-order valence-corrected chi connectivity index (χ4v) is 2.88. The van der Waals surface area contributed by atoms with Gasteiger partial charge < -0.3 is 14.6 Å². The molecule has 7 nitrogen and oxygen atoms in total. The molecular formula is C15H17N7. The van der Waals surface area contributed by atoms with Gasteiger partial charge in [0.05, 0.1) is 0 Å². The quantitative estimate of drug-likeness (QED) is 0.790. The second-order valence-electron chi connectivity index (χ2n) is 5.53. The van der Waals surface area contributed by atoms with Gasteiger partial charge in [0.25, 0.3) is 0 Å². The summed E-state index contributed by atoms with van der Waals surface area (Å²) in [5, 5.41) is 3.48. The van der Waals surface area contributed by atoms with Crippen LogP contribution < -0.4 is 10.2 Å². The molecule has 0 bridgehead atoms. The van der Waals surface area contributed by atoms with Crippen molar-refractivity contribution in [2.45, 2.75) is 19.4 Å². The van der Waals surface area contributed by atoms with Crippen LogP contribution in [0.5, 0.6) is 0 Å². The summed E-state index contributed by atoms with van der Waals surface area (Å²) >= 11 is 0. The Hall–Kier alpha value is -2.70. The van der Waals surface area contributed by atoms with E-state index in [1.165, 1.54) is 0 Å². The molecule has 0 spiro atoms. The number of aryl methyl sites for hydroxylation is 1. The Bertz CT molecular complexity index is 797.